The third-order valence-corrected chi connectivity index (χ3v) is 4.35. The molecule has 1 heterocycles. The van der Waals surface area contributed by atoms with E-state index in [1.165, 1.54) is 19.3 Å². The van der Waals surface area contributed by atoms with E-state index in [0.717, 1.165) is 32.4 Å². The van der Waals surface area contributed by atoms with Crippen molar-refractivity contribution < 1.29 is 9.47 Å². The Labute approximate surface area is 113 Å². The predicted molar refractivity (Wildman–Crippen MR) is 76.0 cm³/mol. The topological polar surface area (TPSA) is 30.5 Å². The van der Waals surface area contributed by atoms with E-state index in [9.17, 15) is 0 Å². The molecule has 0 aromatic carbocycles. The smallest absolute Gasteiger partial charge is 0.0800 e. The summed E-state index contributed by atoms with van der Waals surface area (Å²) >= 11 is 0. The van der Waals surface area contributed by atoms with Gasteiger partial charge in [-0.15, -0.1) is 0 Å². The minimum absolute atomic E-state index is 0.0617. The molecular formula is C15H31NO2. The van der Waals surface area contributed by atoms with Gasteiger partial charge >= 0.3 is 0 Å². The summed E-state index contributed by atoms with van der Waals surface area (Å²) in [6, 6.07) is 0.427. The van der Waals surface area contributed by atoms with Gasteiger partial charge in [0.25, 0.3) is 0 Å². The van der Waals surface area contributed by atoms with Gasteiger partial charge in [-0.25, -0.2) is 0 Å². The molecule has 3 nitrogen and oxygen atoms in total. The van der Waals surface area contributed by atoms with Crippen LogP contribution in [0.2, 0.25) is 0 Å². The van der Waals surface area contributed by atoms with Crippen molar-refractivity contribution >= 4 is 0 Å². The molecule has 1 rings (SSSR count). The van der Waals surface area contributed by atoms with E-state index < -0.39 is 0 Å². The fourth-order valence-electron chi connectivity index (χ4n) is 2.70. The average Bonchev–Trinajstić information content (AvgIpc) is 2.91. The van der Waals surface area contributed by atoms with E-state index in [-0.39, 0.29) is 5.60 Å². The van der Waals surface area contributed by atoms with Gasteiger partial charge in [-0.1, -0.05) is 13.8 Å². The summed E-state index contributed by atoms with van der Waals surface area (Å²) in [5.74, 6) is 0. The van der Waals surface area contributed by atoms with E-state index >= 15 is 0 Å². The van der Waals surface area contributed by atoms with Crippen LogP contribution in [0.5, 0.6) is 0 Å². The Hall–Kier alpha value is -0.120. The molecule has 1 saturated heterocycles. The number of methoxy groups -OCH3 is 1. The van der Waals surface area contributed by atoms with Crippen molar-refractivity contribution in [3.8, 4) is 0 Å². The highest BCUT2D eigenvalue weighted by molar-refractivity contribution is 4.89. The Morgan fingerprint density at radius 1 is 1.44 bits per heavy atom. The van der Waals surface area contributed by atoms with E-state index in [1.807, 2.05) is 7.11 Å². The van der Waals surface area contributed by atoms with Gasteiger partial charge in [0, 0.05) is 19.8 Å². The maximum atomic E-state index is 5.76. The molecule has 0 aromatic rings. The molecule has 0 aromatic heterocycles. The summed E-state index contributed by atoms with van der Waals surface area (Å²) in [7, 11) is 1.83. The maximum Gasteiger partial charge on any atom is 0.0800 e. The molecule has 108 valence electrons. The number of ether oxygens (including phenoxy) is 2. The molecule has 0 bridgehead atoms. The van der Waals surface area contributed by atoms with Crippen molar-refractivity contribution in [3.05, 3.63) is 0 Å². The van der Waals surface area contributed by atoms with Gasteiger partial charge in [0.15, 0.2) is 0 Å². The molecule has 1 N–H and O–H groups in total. The van der Waals surface area contributed by atoms with Crippen LogP contribution in [0.4, 0.5) is 0 Å². The molecule has 0 spiro atoms. The van der Waals surface area contributed by atoms with Crippen molar-refractivity contribution in [3.63, 3.8) is 0 Å². The molecule has 1 fully saturated rings. The number of rotatable bonds is 9. The second-order valence-electron chi connectivity index (χ2n) is 5.59. The minimum atomic E-state index is -0.0617. The summed E-state index contributed by atoms with van der Waals surface area (Å²) in [6.07, 6.45) is 7.44. The summed E-state index contributed by atoms with van der Waals surface area (Å²) in [5.41, 5.74) is -0.0617. The lowest BCUT2D eigenvalue weighted by Crippen LogP contribution is -2.50. The molecule has 0 aliphatic carbocycles. The Morgan fingerprint density at radius 2 is 2.22 bits per heavy atom. The SMILES string of the molecule is CCCNC(CCC1CCCO1)C(C)(CC)OC. The zero-order chi connectivity index (χ0) is 13.4. The van der Waals surface area contributed by atoms with Crippen LogP contribution in [0.15, 0.2) is 0 Å². The Morgan fingerprint density at radius 3 is 2.72 bits per heavy atom. The molecule has 3 unspecified atom stereocenters. The van der Waals surface area contributed by atoms with Crippen LogP contribution >= 0.6 is 0 Å². The minimum Gasteiger partial charge on any atom is -0.378 e. The number of hydrogen-bond acceptors (Lipinski definition) is 3. The first kappa shape index (κ1) is 15.9. The van der Waals surface area contributed by atoms with Crippen LogP contribution in [-0.2, 0) is 9.47 Å². The highest BCUT2D eigenvalue weighted by Gasteiger charge is 2.32. The monoisotopic (exact) mass is 257 g/mol. The van der Waals surface area contributed by atoms with Gasteiger partial charge in [-0.2, -0.15) is 0 Å². The van der Waals surface area contributed by atoms with Crippen LogP contribution < -0.4 is 5.32 Å². The zero-order valence-electron chi connectivity index (χ0n) is 12.6. The summed E-state index contributed by atoms with van der Waals surface area (Å²) in [4.78, 5) is 0. The second-order valence-corrected chi connectivity index (χ2v) is 5.59. The van der Waals surface area contributed by atoms with Crippen LogP contribution in [0.3, 0.4) is 0 Å². The first-order valence-electron chi connectivity index (χ1n) is 7.56. The largest absolute Gasteiger partial charge is 0.378 e. The lowest BCUT2D eigenvalue weighted by atomic mass is 9.88. The van der Waals surface area contributed by atoms with Gasteiger partial charge in [0.2, 0.25) is 0 Å². The first-order chi connectivity index (χ1) is 8.66. The summed E-state index contributed by atoms with van der Waals surface area (Å²) in [6.45, 7) is 8.65. The fraction of sp³-hybridized carbons (Fsp3) is 1.00. The lowest BCUT2D eigenvalue weighted by Gasteiger charge is -2.37. The quantitative estimate of drug-likeness (QED) is 0.688. The van der Waals surface area contributed by atoms with Gasteiger partial charge in [-0.05, 0) is 52.0 Å². The molecular weight excluding hydrogens is 226 g/mol. The standard InChI is InChI=1S/C15H31NO2/c1-5-11-16-14(15(3,6-2)17-4)10-9-13-8-7-12-18-13/h13-14,16H,5-12H2,1-4H3. The third kappa shape index (κ3) is 4.52. The van der Waals surface area contributed by atoms with E-state index in [1.54, 1.807) is 0 Å². The highest BCUT2D eigenvalue weighted by atomic mass is 16.5. The normalized spacial score (nSPS) is 25.0. The number of hydrogen-bond donors (Lipinski definition) is 1. The molecule has 0 saturated carbocycles. The molecule has 0 amide bonds. The van der Waals surface area contributed by atoms with Gasteiger partial charge in [0.1, 0.15) is 0 Å². The number of nitrogens with one attached hydrogen (secondary N) is 1. The predicted octanol–water partition coefficient (Wildman–Crippen LogP) is 3.13. The van der Waals surface area contributed by atoms with Gasteiger partial charge in [-0.3, -0.25) is 0 Å². The van der Waals surface area contributed by atoms with Crippen molar-refractivity contribution in [1.82, 2.24) is 5.32 Å². The average molecular weight is 257 g/mol. The molecule has 3 atom stereocenters. The van der Waals surface area contributed by atoms with E-state index in [4.69, 9.17) is 9.47 Å². The lowest BCUT2D eigenvalue weighted by molar-refractivity contribution is -0.0347. The fourth-order valence-corrected chi connectivity index (χ4v) is 2.70. The Bertz CT molecular complexity index is 211. The molecule has 1 aliphatic heterocycles. The Balaban J connectivity index is 2.47. The van der Waals surface area contributed by atoms with Crippen LogP contribution in [0.25, 0.3) is 0 Å². The Kier molecular flexibility index (Phi) is 7.20. The summed E-state index contributed by atoms with van der Waals surface area (Å²) < 4.78 is 11.5. The molecule has 0 radical (unpaired) electrons. The van der Waals surface area contributed by atoms with E-state index in [0.29, 0.717) is 12.1 Å². The van der Waals surface area contributed by atoms with Crippen molar-refractivity contribution in [2.75, 3.05) is 20.3 Å². The molecule has 1 aliphatic rings. The van der Waals surface area contributed by atoms with Crippen LogP contribution in [0, 0.1) is 0 Å². The molecule has 3 heteroatoms. The first-order valence-corrected chi connectivity index (χ1v) is 7.56. The summed E-state index contributed by atoms with van der Waals surface area (Å²) in [5, 5.41) is 3.66. The van der Waals surface area contributed by atoms with Gasteiger partial charge < -0.3 is 14.8 Å². The second kappa shape index (κ2) is 8.13. The van der Waals surface area contributed by atoms with Crippen molar-refractivity contribution in [2.45, 2.75) is 77.0 Å². The van der Waals surface area contributed by atoms with Crippen molar-refractivity contribution in [2.24, 2.45) is 0 Å². The van der Waals surface area contributed by atoms with Gasteiger partial charge in [0.05, 0.1) is 11.7 Å². The zero-order valence-corrected chi connectivity index (χ0v) is 12.6. The van der Waals surface area contributed by atoms with Crippen molar-refractivity contribution in [1.29, 1.82) is 0 Å². The molecule has 18 heavy (non-hydrogen) atoms. The third-order valence-electron chi connectivity index (χ3n) is 4.35. The maximum absolute atomic E-state index is 5.76. The van der Waals surface area contributed by atoms with Crippen LogP contribution in [0.1, 0.15) is 59.3 Å². The van der Waals surface area contributed by atoms with E-state index in [2.05, 4.69) is 26.1 Å². The van der Waals surface area contributed by atoms with Crippen LogP contribution in [-0.4, -0.2) is 38.0 Å². The highest BCUT2D eigenvalue weighted by Crippen LogP contribution is 2.25.